The molecule has 3 N–H and O–H groups in total. The van der Waals surface area contributed by atoms with Gasteiger partial charge in [-0.25, -0.2) is 4.39 Å². The van der Waals surface area contributed by atoms with Crippen LogP contribution in [0.1, 0.15) is 39.5 Å². The summed E-state index contributed by atoms with van der Waals surface area (Å²) >= 11 is 0. The summed E-state index contributed by atoms with van der Waals surface area (Å²) in [5, 5.41) is 3.25. The lowest BCUT2D eigenvalue weighted by Gasteiger charge is -2.45. The fourth-order valence-corrected chi connectivity index (χ4v) is 3.45. The molecule has 1 saturated carbocycles. The van der Waals surface area contributed by atoms with Crippen molar-refractivity contribution in [3.63, 3.8) is 0 Å². The molecule has 0 bridgehead atoms. The van der Waals surface area contributed by atoms with Gasteiger partial charge in [-0.3, -0.25) is 4.79 Å². The molecule has 1 fully saturated rings. The second-order valence-electron chi connectivity index (χ2n) is 6.07. The SMILES string of the molecule is CC(C)C1CCCCC1(Nc1cccc(F)c1)C(N)=O. The molecule has 0 saturated heterocycles. The molecule has 1 aromatic rings. The average molecular weight is 278 g/mol. The number of nitrogens with one attached hydrogen (secondary N) is 1. The molecular weight excluding hydrogens is 255 g/mol. The zero-order valence-electron chi connectivity index (χ0n) is 12.2. The molecule has 0 radical (unpaired) electrons. The predicted molar refractivity (Wildman–Crippen MR) is 78.7 cm³/mol. The van der Waals surface area contributed by atoms with Crippen molar-refractivity contribution in [3.8, 4) is 0 Å². The van der Waals surface area contributed by atoms with E-state index in [2.05, 4.69) is 19.2 Å². The standard InChI is InChI=1S/C16H23FN2O/c1-11(2)14-8-3-4-9-16(14,15(18)20)19-13-7-5-6-12(17)10-13/h5-7,10-11,14,19H,3-4,8-9H2,1-2H3,(H2,18,20). The first-order valence-corrected chi connectivity index (χ1v) is 7.29. The number of primary amides is 1. The molecule has 1 aliphatic carbocycles. The molecular formula is C16H23FN2O. The molecule has 2 atom stereocenters. The summed E-state index contributed by atoms with van der Waals surface area (Å²) in [5.74, 6) is -0.118. The summed E-state index contributed by atoms with van der Waals surface area (Å²) in [6, 6.07) is 6.22. The summed E-state index contributed by atoms with van der Waals surface area (Å²) in [5.41, 5.74) is 5.58. The first kappa shape index (κ1) is 14.8. The minimum atomic E-state index is -0.764. The molecule has 0 aromatic heterocycles. The number of rotatable bonds is 4. The largest absolute Gasteiger partial charge is 0.371 e. The highest BCUT2D eigenvalue weighted by atomic mass is 19.1. The Morgan fingerprint density at radius 3 is 2.80 bits per heavy atom. The number of carbonyl (C=O) groups is 1. The van der Waals surface area contributed by atoms with E-state index in [0.717, 1.165) is 19.3 Å². The van der Waals surface area contributed by atoms with Gasteiger partial charge in [-0.15, -0.1) is 0 Å². The summed E-state index contributed by atoms with van der Waals surface area (Å²) in [7, 11) is 0. The van der Waals surface area contributed by atoms with Crippen molar-refractivity contribution >= 4 is 11.6 Å². The highest BCUT2D eigenvalue weighted by molar-refractivity contribution is 5.88. The monoisotopic (exact) mass is 278 g/mol. The fraction of sp³-hybridized carbons (Fsp3) is 0.562. The van der Waals surface area contributed by atoms with E-state index in [0.29, 0.717) is 18.0 Å². The molecule has 3 nitrogen and oxygen atoms in total. The Labute approximate surface area is 119 Å². The Balaban J connectivity index is 2.35. The van der Waals surface area contributed by atoms with Crippen LogP contribution >= 0.6 is 0 Å². The number of nitrogens with two attached hydrogens (primary N) is 1. The Morgan fingerprint density at radius 1 is 1.45 bits per heavy atom. The zero-order chi connectivity index (χ0) is 14.8. The van der Waals surface area contributed by atoms with E-state index >= 15 is 0 Å². The first-order chi connectivity index (χ1) is 9.45. The maximum Gasteiger partial charge on any atom is 0.243 e. The van der Waals surface area contributed by atoms with Gasteiger partial charge in [0, 0.05) is 5.69 Å². The lowest BCUT2D eigenvalue weighted by Crippen LogP contribution is -2.58. The van der Waals surface area contributed by atoms with Gasteiger partial charge in [0.05, 0.1) is 0 Å². The zero-order valence-corrected chi connectivity index (χ0v) is 12.2. The molecule has 0 spiro atoms. The van der Waals surface area contributed by atoms with Gasteiger partial charge in [0.2, 0.25) is 5.91 Å². The van der Waals surface area contributed by atoms with Crippen LogP contribution in [0.4, 0.5) is 10.1 Å². The van der Waals surface area contributed by atoms with Crippen molar-refractivity contribution in [1.82, 2.24) is 0 Å². The molecule has 0 aliphatic heterocycles. The molecule has 20 heavy (non-hydrogen) atoms. The number of anilines is 1. The van der Waals surface area contributed by atoms with Crippen LogP contribution in [-0.4, -0.2) is 11.4 Å². The van der Waals surface area contributed by atoms with Gasteiger partial charge in [0.1, 0.15) is 11.4 Å². The highest BCUT2D eigenvalue weighted by Crippen LogP contribution is 2.40. The molecule has 1 amide bonds. The smallest absolute Gasteiger partial charge is 0.243 e. The van der Waals surface area contributed by atoms with E-state index < -0.39 is 5.54 Å². The fourth-order valence-electron chi connectivity index (χ4n) is 3.45. The van der Waals surface area contributed by atoms with Crippen molar-refractivity contribution < 1.29 is 9.18 Å². The Kier molecular flexibility index (Phi) is 4.31. The normalized spacial score (nSPS) is 26.5. The second kappa shape index (κ2) is 5.81. The maximum absolute atomic E-state index is 13.3. The van der Waals surface area contributed by atoms with E-state index in [1.54, 1.807) is 12.1 Å². The predicted octanol–water partition coefficient (Wildman–Crippen LogP) is 3.31. The minimum Gasteiger partial charge on any atom is -0.371 e. The van der Waals surface area contributed by atoms with Crippen LogP contribution in [-0.2, 0) is 4.79 Å². The van der Waals surface area contributed by atoms with Crippen molar-refractivity contribution in [3.05, 3.63) is 30.1 Å². The van der Waals surface area contributed by atoms with Crippen LogP contribution < -0.4 is 11.1 Å². The third-order valence-electron chi connectivity index (χ3n) is 4.41. The van der Waals surface area contributed by atoms with E-state index in [4.69, 9.17) is 5.73 Å². The van der Waals surface area contributed by atoms with E-state index in [-0.39, 0.29) is 17.6 Å². The number of hydrogen-bond donors (Lipinski definition) is 2. The summed E-state index contributed by atoms with van der Waals surface area (Å²) < 4.78 is 13.3. The van der Waals surface area contributed by atoms with Gasteiger partial charge in [0.25, 0.3) is 0 Å². The molecule has 0 heterocycles. The Hall–Kier alpha value is -1.58. The van der Waals surface area contributed by atoms with Crippen LogP contribution in [0, 0.1) is 17.7 Å². The summed E-state index contributed by atoms with van der Waals surface area (Å²) in [6.07, 6.45) is 3.77. The maximum atomic E-state index is 13.3. The number of halogens is 1. The van der Waals surface area contributed by atoms with Crippen LogP contribution in [0.2, 0.25) is 0 Å². The van der Waals surface area contributed by atoms with Crippen molar-refractivity contribution in [1.29, 1.82) is 0 Å². The molecule has 4 heteroatoms. The van der Waals surface area contributed by atoms with E-state index in [9.17, 15) is 9.18 Å². The molecule has 2 rings (SSSR count). The second-order valence-corrected chi connectivity index (χ2v) is 6.07. The number of hydrogen-bond acceptors (Lipinski definition) is 2. The third-order valence-corrected chi connectivity index (χ3v) is 4.41. The van der Waals surface area contributed by atoms with Crippen molar-refractivity contribution in [2.75, 3.05) is 5.32 Å². The van der Waals surface area contributed by atoms with Gasteiger partial charge < -0.3 is 11.1 Å². The number of carbonyl (C=O) groups excluding carboxylic acids is 1. The highest BCUT2D eigenvalue weighted by Gasteiger charge is 2.46. The molecule has 1 aromatic carbocycles. The van der Waals surface area contributed by atoms with Crippen molar-refractivity contribution in [2.45, 2.75) is 45.1 Å². The third kappa shape index (κ3) is 2.79. The average Bonchev–Trinajstić information content (AvgIpc) is 2.38. The minimum absolute atomic E-state index is 0.178. The van der Waals surface area contributed by atoms with Gasteiger partial charge >= 0.3 is 0 Å². The van der Waals surface area contributed by atoms with Crippen LogP contribution in [0.3, 0.4) is 0 Å². The summed E-state index contributed by atoms with van der Waals surface area (Å²) in [6.45, 7) is 4.22. The molecule has 2 unspecified atom stereocenters. The van der Waals surface area contributed by atoms with Gasteiger partial charge in [-0.1, -0.05) is 32.8 Å². The van der Waals surface area contributed by atoms with Crippen LogP contribution in [0.5, 0.6) is 0 Å². The topological polar surface area (TPSA) is 55.1 Å². The van der Waals surface area contributed by atoms with Gasteiger partial charge in [-0.05, 0) is 42.9 Å². The van der Waals surface area contributed by atoms with E-state index in [1.807, 2.05) is 0 Å². The quantitative estimate of drug-likeness (QED) is 0.887. The van der Waals surface area contributed by atoms with Crippen LogP contribution in [0.15, 0.2) is 24.3 Å². The lowest BCUT2D eigenvalue weighted by molar-refractivity contribution is -0.126. The number of amides is 1. The lowest BCUT2D eigenvalue weighted by atomic mass is 9.67. The summed E-state index contributed by atoms with van der Waals surface area (Å²) in [4.78, 5) is 12.1. The number of benzene rings is 1. The Morgan fingerprint density at radius 2 is 2.20 bits per heavy atom. The van der Waals surface area contributed by atoms with Crippen LogP contribution in [0.25, 0.3) is 0 Å². The first-order valence-electron chi connectivity index (χ1n) is 7.29. The van der Waals surface area contributed by atoms with Crippen molar-refractivity contribution in [2.24, 2.45) is 17.6 Å². The Bertz CT molecular complexity index is 489. The molecule has 110 valence electrons. The van der Waals surface area contributed by atoms with Gasteiger partial charge in [0.15, 0.2) is 0 Å². The van der Waals surface area contributed by atoms with E-state index in [1.165, 1.54) is 12.1 Å². The molecule has 1 aliphatic rings. The van der Waals surface area contributed by atoms with Gasteiger partial charge in [-0.2, -0.15) is 0 Å².